The van der Waals surface area contributed by atoms with Gasteiger partial charge in [0.05, 0.1) is 5.02 Å². The van der Waals surface area contributed by atoms with Gasteiger partial charge in [0.25, 0.3) is 5.91 Å². The van der Waals surface area contributed by atoms with Crippen LogP contribution < -0.4 is 4.90 Å². The number of anilines is 1. The van der Waals surface area contributed by atoms with E-state index in [1.165, 1.54) is 4.90 Å². The molecule has 1 aromatic carbocycles. The van der Waals surface area contributed by atoms with Gasteiger partial charge in [-0.05, 0) is 32.0 Å². The van der Waals surface area contributed by atoms with Crippen molar-refractivity contribution in [3.05, 3.63) is 47.2 Å². The molecule has 0 fully saturated rings. The van der Waals surface area contributed by atoms with Crippen LogP contribution in [0.1, 0.15) is 30.4 Å². The summed E-state index contributed by atoms with van der Waals surface area (Å²) in [6, 6.07) is 8.37. The van der Waals surface area contributed by atoms with Crippen molar-refractivity contribution in [1.82, 2.24) is 4.57 Å². The third-order valence-corrected chi connectivity index (χ3v) is 3.32. The first-order valence-electron chi connectivity index (χ1n) is 6.34. The van der Waals surface area contributed by atoms with Crippen LogP contribution in [0.15, 0.2) is 36.5 Å². The standard InChI is InChI=1S/C15H17ClN2O2/c1-10(2)18-9-11(16)7-14(18)15(20)17(3)12-5-4-6-13(19)8-12/h4-10,19H,1-3H3. The van der Waals surface area contributed by atoms with Gasteiger partial charge in [0.2, 0.25) is 0 Å². The van der Waals surface area contributed by atoms with Crippen LogP contribution in [0.5, 0.6) is 5.75 Å². The minimum Gasteiger partial charge on any atom is -0.508 e. The van der Waals surface area contributed by atoms with E-state index in [4.69, 9.17) is 11.6 Å². The lowest BCUT2D eigenvalue weighted by Crippen LogP contribution is -2.28. The van der Waals surface area contributed by atoms with Gasteiger partial charge in [-0.3, -0.25) is 4.79 Å². The van der Waals surface area contributed by atoms with E-state index in [2.05, 4.69) is 0 Å². The maximum absolute atomic E-state index is 12.6. The van der Waals surface area contributed by atoms with Crippen molar-refractivity contribution in [2.45, 2.75) is 19.9 Å². The van der Waals surface area contributed by atoms with E-state index < -0.39 is 0 Å². The molecule has 0 spiro atoms. The summed E-state index contributed by atoms with van der Waals surface area (Å²) in [5, 5.41) is 10.0. The van der Waals surface area contributed by atoms with Crippen molar-refractivity contribution in [2.75, 3.05) is 11.9 Å². The van der Waals surface area contributed by atoms with Crippen LogP contribution in [0.2, 0.25) is 5.02 Å². The van der Waals surface area contributed by atoms with Crippen molar-refractivity contribution in [3.8, 4) is 5.75 Å². The number of carbonyl (C=O) groups excluding carboxylic acids is 1. The van der Waals surface area contributed by atoms with Gasteiger partial charge in [-0.1, -0.05) is 17.7 Å². The zero-order valence-corrected chi connectivity index (χ0v) is 12.4. The number of carbonyl (C=O) groups is 1. The average Bonchev–Trinajstić information content (AvgIpc) is 2.79. The second-order valence-electron chi connectivity index (χ2n) is 4.93. The first-order valence-corrected chi connectivity index (χ1v) is 6.72. The molecule has 2 rings (SSSR count). The van der Waals surface area contributed by atoms with Crippen molar-refractivity contribution < 1.29 is 9.90 Å². The normalized spacial score (nSPS) is 10.8. The summed E-state index contributed by atoms with van der Waals surface area (Å²) in [7, 11) is 1.67. The maximum atomic E-state index is 12.6. The van der Waals surface area contributed by atoms with Crippen LogP contribution in [-0.4, -0.2) is 22.6 Å². The van der Waals surface area contributed by atoms with Gasteiger partial charge in [-0.25, -0.2) is 0 Å². The molecule has 0 unspecified atom stereocenters. The zero-order valence-electron chi connectivity index (χ0n) is 11.7. The van der Waals surface area contributed by atoms with Gasteiger partial charge in [0.15, 0.2) is 0 Å². The van der Waals surface area contributed by atoms with E-state index in [1.807, 2.05) is 18.4 Å². The molecule has 2 aromatic rings. The Kier molecular flexibility index (Phi) is 4.04. The van der Waals surface area contributed by atoms with E-state index in [0.29, 0.717) is 16.4 Å². The number of hydrogen-bond acceptors (Lipinski definition) is 2. The Hall–Kier alpha value is -1.94. The number of halogens is 1. The van der Waals surface area contributed by atoms with E-state index in [-0.39, 0.29) is 17.7 Å². The summed E-state index contributed by atoms with van der Waals surface area (Å²) in [6.45, 7) is 3.98. The Morgan fingerprint density at radius 3 is 2.65 bits per heavy atom. The fourth-order valence-electron chi connectivity index (χ4n) is 2.03. The fraction of sp³-hybridized carbons (Fsp3) is 0.267. The molecule has 0 radical (unpaired) electrons. The van der Waals surface area contributed by atoms with Gasteiger partial charge in [0, 0.05) is 31.0 Å². The highest BCUT2D eigenvalue weighted by molar-refractivity contribution is 6.31. The second-order valence-corrected chi connectivity index (χ2v) is 5.37. The monoisotopic (exact) mass is 292 g/mol. The van der Waals surface area contributed by atoms with E-state index in [1.54, 1.807) is 43.6 Å². The summed E-state index contributed by atoms with van der Waals surface area (Å²) in [6.07, 6.45) is 1.75. The summed E-state index contributed by atoms with van der Waals surface area (Å²) in [4.78, 5) is 14.1. The maximum Gasteiger partial charge on any atom is 0.274 e. The molecule has 20 heavy (non-hydrogen) atoms. The number of rotatable bonds is 3. The summed E-state index contributed by atoms with van der Waals surface area (Å²) in [5.74, 6) is -0.0457. The highest BCUT2D eigenvalue weighted by atomic mass is 35.5. The van der Waals surface area contributed by atoms with Gasteiger partial charge < -0.3 is 14.6 Å². The van der Waals surface area contributed by atoms with Crippen LogP contribution >= 0.6 is 11.6 Å². The average molecular weight is 293 g/mol. The highest BCUT2D eigenvalue weighted by Gasteiger charge is 2.20. The molecule has 0 aliphatic carbocycles. The lowest BCUT2D eigenvalue weighted by atomic mass is 10.2. The number of benzene rings is 1. The first kappa shape index (κ1) is 14.5. The Labute approximate surface area is 123 Å². The molecule has 5 heteroatoms. The van der Waals surface area contributed by atoms with Gasteiger partial charge in [-0.2, -0.15) is 0 Å². The Morgan fingerprint density at radius 2 is 2.05 bits per heavy atom. The molecule has 1 N–H and O–H groups in total. The number of hydrogen-bond donors (Lipinski definition) is 1. The topological polar surface area (TPSA) is 45.5 Å². The van der Waals surface area contributed by atoms with E-state index in [0.717, 1.165) is 0 Å². The summed E-state index contributed by atoms with van der Waals surface area (Å²) in [5.41, 5.74) is 1.15. The van der Waals surface area contributed by atoms with Crippen LogP contribution in [0.25, 0.3) is 0 Å². The quantitative estimate of drug-likeness (QED) is 0.937. The smallest absolute Gasteiger partial charge is 0.274 e. The van der Waals surface area contributed by atoms with Gasteiger partial charge in [0.1, 0.15) is 11.4 Å². The van der Waals surface area contributed by atoms with Gasteiger partial charge in [-0.15, -0.1) is 0 Å². The molecule has 0 atom stereocenters. The van der Waals surface area contributed by atoms with E-state index >= 15 is 0 Å². The van der Waals surface area contributed by atoms with Crippen molar-refractivity contribution in [1.29, 1.82) is 0 Å². The molecule has 1 aromatic heterocycles. The third kappa shape index (κ3) is 2.80. The Morgan fingerprint density at radius 1 is 1.35 bits per heavy atom. The first-order chi connectivity index (χ1) is 9.40. The van der Waals surface area contributed by atoms with Crippen LogP contribution in [0, 0.1) is 0 Å². The number of nitrogens with zero attached hydrogens (tertiary/aromatic N) is 2. The lowest BCUT2D eigenvalue weighted by Gasteiger charge is -2.20. The number of aromatic nitrogens is 1. The number of phenols is 1. The molecule has 106 valence electrons. The molecule has 4 nitrogen and oxygen atoms in total. The predicted molar refractivity (Wildman–Crippen MR) is 80.7 cm³/mol. The molecule has 1 heterocycles. The minimum atomic E-state index is -0.170. The van der Waals surface area contributed by atoms with Crippen LogP contribution in [-0.2, 0) is 0 Å². The van der Waals surface area contributed by atoms with Crippen molar-refractivity contribution in [3.63, 3.8) is 0 Å². The largest absolute Gasteiger partial charge is 0.508 e. The minimum absolute atomic E-state index is 0.124. The van der Waals surface area contributed by atoms with Crippen LogP contribution in [0.3, 0.4) is 0 Å². The van der Waals surface area contributed by atoms with Gasteiger partial charge >= 0.3 is 0 Å². The molecule has 0 aliphatic heterocycles. The molecule has 1 amide bonds. The molecule has 0 saturated heterocycles. The fourth-order valence-corrected chi connectivity index (χ4v) is 2.24. The zero-order chi connectivity index (χ0) is 14.9. The number of amides is 1. The second kappa shape index (κ2) is 5.59. The SMILES string of the molecule is CC(C)n1cc(Cl)cc1C(=O)N(C)c1cccc(O)c1. The van der Waals surface area contributed by atoms with Crippen molar-refractivity contribution in [2.24, 2.45) is 0 Å². The van der Waals surface area contributed by atoms with E-state index in [9.17, 15) is 9.90 Å². The highest BCUT2D eigenvalue weighted by Crippen LogP contribution is 2.24. The molecular formula is C15H17ClN2O2. The Bertz CT molecular complexity index is 635. The molecule has 0 bridgehead atoms. The molecular weight excluding hydrogens is 276 g/mol. The molecule has 0 saturated carbocycles. The molecule has 0 aliphatic rings. The Balaban J connectivity index is 2.36. The summed E-state index contributed by atoms with van der Waals surface area (Å²) < 4.78 is 1.84. The van der Waals surface area contributed by atoms with Crippen LogP contribution in [0.4, 0.5) is 5.69 Å². The third-order valence-electron chi connectivity index (χ3n) is 3.11. The van der Waals surface area contributed by atoms with Crippen molar-refractivity contribution >= 4 is 23.2 Å². The number of aromatic hydroxyl groups is 1. The lowest BCUT2D eigenvalue weighted by molar-refractivity contribution is 0.0982. The number of phenolic OH excluding ortho intramolecular Hbond substituents is 1. The summed E-state index contributed by atoms with van der Waals surface area (Å²) >= 11 is 6.00. The predicted octanol–water partition coefficient (Wildman–Crippen LogP) is 3.70.